The lowest BCUT2D eigenvalue weighted by molar-refractivity contribution is 0.427. The summed E-state index contributed by atoms with van der Waals surface area (Å²) in [5.74, 6) is -0.741. The van der Waals surface area contributed by atoms with Crippen LogP contribution in [0.5, 0.6) is 0 Å². The van der Waals surface area contributed by atoms with Gasteiger partial charge in [-0.2, -0.15) is 4.31 Å². The average Bonchev–Trinajstić information content (AvgIpc) is 2.38. The van der Waals surface area contributed by atoms with Gasteiger partial charge in [0.05, 0.1) is 0 Å². The summed E-state index contributed by atoms with van der Waals surface area (Å²) < 4.78 is 39.9. The maximum atomic E-state index is 13.9. The number of benzene rings is 1. The van der Waals surface area contributed by atoms with Gasteiger partial charge in [0, 0.05) is 19.6 Å². The lowest BCUT2D eigenvalue weighted by Gasteiger charge is -2.25. The van der Waals surface area contributed by atoms with Crippen molar-refractivity contribution in [3.8, 4) is 0 Å². The number of nitrogens with zero attached hydrogens (tertiary/aromatic N) is 1. The minimum atomic E-state index is -3.77. The summed E-state index contributed by atoms with van der Waals surface area (Å²) in [7, 11) is -3.77. The molecular formula is C13H17FN2O2S. The predicted molar refractivity (Wildman–Crippen MR) is 71.4 cm³/mol. The van der Waals surface area contributed by atoms with Gasteiger partial charge in [-0.15, -0.1) is 0 Å². The van der Waals surface area contributed by atoms with E-state index in [1.54, 1.807) is 6.07 Å². The molecule has 1 aliphatic heterocycles. The minimum absolute atomic E-state index is 0.183. The molecule has 1 aliphatic rings. The van der Waals surface area contributed by atoms with Crippen molar-refractivity contribution in [1.29, 1.82) is 0 Å². The van der Waals surface area contributed by atoms with Crippen LogP contribution in [0.3, 0.4) is 0 Å². The second kappa shape index (κ2) is 5.40. The first-order valence-electron chi connectivity index (χ1n) is 6.09. The van der Waals surface area contributed by atoms with Crippen LogP contribution in [0.25, 0.3) is 0 Å². The number of sulfonamides is 1. The van der Waals surface area contributed by atoms with Crippen LogP contribution in [0.15, 0.2) is 34.7 Å². The lowest BCUT2D eigenvalue weighted by atomic mass is 10.1. The Bertz CT molecular complexity index is 611. The monoisotopic (exact) mass is 284 g/mol. The lowest BCUT2D eigenvalue weighted by Crippen LogP contribution is -2.35. The number of nitrogens with two attached hydrogens (primary N) is 1. The summed E-state index contributed by atoms with van der Waals surface area (Å²) in [6, 6.07) is 4.01. The summed E-state index contributed by atoms with van der Waals surface area (Å²) >= 11 is 0. The Balaban J connectivity index is 2.35. The Morgan fingerprint density at radius 2 is 2.16 bits per heavy atom. The van der Waals surface area contributed by atoms with Gasteiger partial charge in [-0.1, -0.05) is 17.7 Å². The van der Waals surface area contributed by atoms with Crippen LogP contribution in [-0.4, -0.2) is 25.8 Å². The van der Waals surface area contributed by atoms with E-state index in [2.05, 4.69) is 0 Å². The molecule has 0 saturated carbocycles. The van der Waals surface area contributed by atoms with Crippen molar-refractivity contribution in [2.75, 3.05) is 13.1 Å². The number of hydrogen-bond acceptors (Lipinski definition) is 3. The molecular weight excluding hydrogens is 267 g/mol. The number of hydrogen-bond donors (Lipinski definition) is 1. The molecule has 0 aliphatic carbocycles. The zero-order valence-corrected chi connectivity index (χ0v) is 11.6. The molecule has 0 spiro atoms. The first-order chi connectivity index (χ1) is 8.95. The highest BCUT2D eigenvalue weighted by atomic mass is 32.2. The van der Waals surface area contributed by atoms with E-state index >= 15 is 0 Å². The van der Waals surface area contributed by atoms with Gasteiger partial charge < -0.3 is 5.73 Å². The summed E-state index contributed by atoms with van der Waals surface area (Å²) in [6.07, 6.45) is 2.54. The topological polar surface area (TPSA) is 63.4 Å². The molecule has 0 amide bonds. The molecule has 0 fully saturated rings. The second-order valence-electron chi connectivity index (χ2n) is 4.63. The van der Waals surface area contributed by atoms with E-state index in [1.807, 2.05) is 13.0 Å². The highest BCUT2D eigenvalue weighted by Crippen LogP contribution is 2.23. The van der Waals surface area contributed by atoms with Crippen molar-refractivity contribution < 1.29 is 12.8 Å². The van der Waals surface area contributed by atoms with Crippen LogP contribution in [0.1, 0.15) is 18.9 Å². The van der Waals surface area contributed by atoms with Crippen molar-refractivity contribution in [2.24, 2.45) is 5.73 Å². The van der Waals surface area contributed by atoms with E-state index in [1.165, 1.54) is 16.4 Å². The Hall–Kier alpha value is -1.24. The fourth-order valence-corrected chi connectivity index (χ4v) is 3.42. The van der Waals surface area contributed by atoms with E-state index in [0.717, 1.165) is 5.57 Å². The highest BCUT2D eigenvalue weighted by molar-refractivity contribution is 7.89. The first-order valence-corrected chi connectivity index (χ1v) is 7.53. The predicted octanol–water partition coefficient (Wildman–Crippen LogP) is 1.63. The van der Waals surface area contributed by atoms with E-state index < -0.39 is 15.8 Å². The molecule has 0 saturated heterocycles. The molecule has 1 heterocycles. The Morgan fingerprint density at radius 3 is 2.68 bits per heavy atom. The van der Waals surface area contributed by atoms with Crippen molar-refractivity contribution >= 4 is 10.0 Å². The zero-order valence-electron chi connectivity index (χ0n) is 10.8. The van der Waals surface area contributed by atoms with Crippen molar-refractivity contribution in [2.45, 2.75) is 24.8 Å². The van der Waals surface area contributed by atoms with Crippen molar-refractivity contribution in [3.05, 3.63) is 41.2 Å². The molecule has 104 valence electrons. The standard InChI is InChI=1S/C13H17FN2O2S/c1-10-4-6-16(7-5-10)19(17,18)13-3-2-11(9-15)8-12(13)14/h2-4,8H,5-7,9,15H2,1H3. The molecule has 0 unspecified atom stereocenters. The van der Waals surface area contributed by atoms with Gasteiger partial charge in [0.15, 0.2) is 0 Å². The summed E-state index contributed by atoms with van der Waals surface area (Å²) in [6.45, 7) is 2.83. The number of rotatable bonds is 3. The Kier molecular flexibility index (Phi) is 4.03. The molecule has 19 heavy (non-hydrogen) atoms. The van der Waals surface area contributed by atoms with Gasteiger partial charge >= 0.3 is 0 Å². The molecule has 2 N–H and O–H groups in total. The maximum Gasteiger partial charge on any atom is 0.246 e. The molecule has 1 aromatic carbocycles. The van der Waals surface area contributed by atoms with Gasteiger partial charge in [0.25, 0.3) is 0 Å². The van der Waals surface area contributed by atoms with Crippen LogP contribution >= 0.6 is 0 Å². The molecule has 0 bridgehead atoms. The molecule has 6 heteroatoms. The first kappa shape index (κ1) is 14.2. The van der Waals surface area contributed by atoms with Crippen LogP contribution < -0.4 is 5.73 Å². The van der Waals surface area contributed by atoms with Crippen LogP contribution in [-0.2, 0) is 16.6 Å². The van der Waals surface area contributed by atoms with Crippen LogP contribution in [0.2, 0.25) is 0 Å². The largest absolute Gasteiger partial charge is 0.326 e. The fourth-order valence-electron chi connectivity index (χ4n) is 1.99. The van der Waals surface area contributed by atoms with Gasteiger partial charge in [0.1, 0.15) is 10.7 Å². The van der Waals surface area contributed by atoms with E-state index in [9.17, 15) is 12.8 Å². The summed E-state index contributed by atoms with van der Waals surface area (Å²) in [5.41, 5.74) is 7.13. The van der Waals surface area contributed by atoms with Gasteiger partial charge in [-0.25, -0.2) is 12.8 Å². The third kappa shape index (κ3) is 2.86. The fraction of sp³-hybridized carbons (Fsp3) is 0.385. The van der Waals surface area contributed by atoms with E-state index in [0.29, 0.717) is 25.1 Å². The van der Waals surface area contributed by atoms with Gasteiger partial charge in [0.2, 0.25) is 10.0 Å². The third-order valence-corrected chi connectivity index (χ3v) is 5.15. The van der Waals surface area contributed by atoms with Gasteiger partial charge in [-0.3, -0.25) is 0 Å². The van der Waals surface area contributed by atoms with Crippen LogP contribution in [0, 0.1) is 5.82 Å². The number of halogens is 1. The normalized spacial score (nSPS) is 17.3. The summed E-state index contributed by atoms with van der Waals surface area (Å²) in [4.78, 5) is -0.280. The van der Waals surface area contributed by atoms with Crippen molar-refractivity contribution in [3.63, 3.8) is 0 Å². The smallest absolute Gasteiger partial charge is 0.246 e. The Morgan fingerprint density at radius 1 is 1.42 bits per heavy atom. The molecule has 0 atom stereocenters. The summed E-state index contributed by atoms with van der Waals surface area (Å²) in [5, 5.41) is 0. The Labute approximate surface area is 112 Å². The molecule has 4 nitrogen and oxygen atoms in total. The third-order valence-electron chi connectivity index (χ3n) is 3.25. The van der Waals surface area contributed by atoms with E-state index in [4.69, 9.17) is 5.73 Å². The second-order valence-corrected chi connectivity index (χ2v) is 6.54. The average molecular weight is 284 g/mol. The molecule has 0 radical (unpaired) electrons. The molecule has 2 rings (SSSR count). The maximum absolute atomic E-state index is 13.9. The van der Waals surface area contributed by atoms with Crippen molar-refractivity contribution in [1.82, 2.24) is 4.31 Å². The highest BCUT2D eigenvalue weighted by Gasteiger charge is 2.28. The zero-order chi connectivity index (χ0) is 14.0. The SMILES string of the molecule is CC1=CCN(S(=O)(=O)c2ccc(CN)cc2F)CC1. The van der Waals surface area contributed by atoms with E-state index in [-0.39, 0.29) is 11.4 Å². The molecule has 1 aromatic rings. The van der Waals surface area contributed by atoms with Gasteiger partial charge in [-0.05, 0) is 31.0 Å². The molecule has 0 aromatic heterocycles. The quantitative estimate of drug-likeness (QED) is 0.858. The van der Waals surface area contributed by atoms with Crippen LogP contribution in [0.4, 0.5) is 4.39 Å². The minimum Gasteiger partial charge on any atom is -0.326 e.